The summed E-state index contributed by atoms with van der Waals surface area (Å²) >= 11 is 0. The maximum atomic E-state index is 13.9. The molecule has 0 saturated heterocycles. The maximum absolute atomic E-state index is 13.9. The fourth-order valence-corrected chi connectivity index (χ4v) is 4.53. The summed E-state index contributed by atoms with van der Waals surface area (Å²) in [4.78, 5) is 43.2. The summed E-state index contributed by atoms with van der Waals surface area (Å²) in [6.07, 6.45) is 0.534. The molecule has 0 fully saturated rings. The lowest BCUT2D eigenvalue weighted by Crippen LogP contribution is -2.57. The van der Waals surface area contributed by atoms with Gasteiger partial charge in [-0.2, -0.15) is 0 Å². The van der Waals surface area contributed by atoms with Gasteiger partial charge in [-0.15, -0.1) is 0 Å². The molecule has 176 valence electrons. The number of amides is 3. The minimum atomic E-state index is -1.32. The molecule has 0 radical (unpaired) electrons. The van der Waals surface area contributed by atoms with Crippen molar-refractivity contribution in [3.8, 4) is 0 Å². The van der Waals surface area contributed by atoms with Crippen molar-refractivity contribution < 1.29 is 14.4 Å². The molecule has 2 atom stereocenters. The third kappa shape index (κ3) is 4.15. The van der Waals surface area contributed by atoms with Crippen LogP contribution in [0.5, 0.6) is 0 Å². The average Bonchev–Trinajstić information content (AvgIpc) is 2.92. The molecule has 0 spiro atoms. The van der Waals surface area contributed by atoms with Crippen LogP contribution in [0.3, 0.4) is 0 Å². The maximum Gasteiger partial charge on any atom is 0.259 e. The Morgan fingerprint density at radius 3 is 2.35 bits per heavy atom. The van der Waals surface area contributed by atoms with E-state index >= 15 is 0 Å². The normalized spacial score (nSPS) is 16.9. The SMILES string of the molecule is CCC(NC)C(=O)NC1C(=O)N(C)c2ccccc2N(Cc2c(C)ccc3ccccc23)C1=O. The number of carbonyl (C=O) groups is 3. The van der Waals surface area contributed by atoms with Gasteiger partial charge in [-0.1, -0.05) is 55.5 Å². The van der Waals surface area contributed by atoms with E-state index in [-0.39, 0.29) is 12.5 Å². The van der Waals surface area contributed by atoms with Crippen molar-refractivity contribution in [1.29, 1.82) is 0 Å². The van der Waals surface area contributed by atoms with Crippen LogP contribution in [0, 0.1) is 6.92 Å². The second kappa shape index (κ2) is 9.65. The molecule has 1 aliphatic rings. The molecule has 0 aliphatic carbocycles. The number of nitrogens with one attached hydrogen (secondary N) is 2. The highest BCUT2D eigenvalue weighted by molar-refractivity contribution is 6.21. The van der Waals surface area contributed by atoms with Crippen LogP contribution in [0.1, 0.15) is 24.5 Å². The van der Waals surface area contributed by atoms with E-state index in [4.69, 9.17) is 0 Å². The third-order valence-corrected chi connectivity index (χ3v) is 6.58. The molecular weight excluding hydrogens is 428 g/mol. The van der Waals surface area contributed by atoms with Crippen LogP contribution < -0.4 is 20.4 Å². The van der Waals surface area contributed by atoms with E-state index in [0.717, 1.165) is 21.9 Å². The number of hydrogen-bond donors (Lipinski definition) is 2. The van der Waals surface area contributed by atoms with E-state index in [1.165, 1.54) is 4.90 Å². The van der Waals surface area contributed by atoms with E-state index in [9.17, 15) is 14.4 Å². The molecule has 2 N–H and O–H groups in total. The van der Waals surface area contributed by atoms with E-state index in [2.05, 4.69) is 16.7 Å². The van der Waals surface area contributed by atoms with Crippen molar-refractivity contribution >= 4 is 39.9 Å². The van der Waals surface area contributed by atoms with Gasteiger partial charge < -0.3 is 20.4 Å². The van der Waals surface area contributed by atoms with E-state index in [1.54, 1.807) is 19.0 Å². The summed E-state index contributed by atoms with van der Waals surface area (Å²) in [5.74, 6) is -1.29. The molecule has 3 aromatic rings. The van der Waals surface area contributed by atoms with Gasteiger partial charge in [0, 0.05) is 7.05 Å². The van der Waals surface area contributed by atoms with Crippen molar-refractivity contribution in [3.63, 3.8) is 0 Å². The molecule has 7 nitrogen and oxygen atoms in total. The number of para-hydroxylation sites is 2. The highest BCUT2D eigenvalue weighted by Crippen LogP contribution is 2.35. The molecular formula is C27H30N4O3. The number of aryl methyl sites for hydroxylation is 1. The van der Waals surface area contributed by atoms with E-state index in [1.807, 2.05) is 68.4 Å². The lowest BCUT2D eigenvalue weighted by molar-refractivity contribution is -0.134. The van der Waals surface area contributed by atoms with Crippen molar-refractivity contribution in [2.24, 2.45) is 0 Å². The van der Waals surface area contributed by atoms with Crippen molar-refractivity contribution in [2.75, 3.05) is 23.9 Å². The highest BCUT2D eigenvalue weighted by atomic mass is 16.2. The first-order chi connectivity index (χ1) is 16.4. The summed E-state index contributed by atoms with van der Waals surface area (Å²) in [7, 11) is 3.32. The molecule has 0 saturated carbocycles. The largest absolute Gasteiger partial charge is 0.335 e. The molecule has 1 heterocycles. The first kappa shape index (κ1) is 23.4. The topological polar surface area (TPSA) is 81.8 Å². The third-order valence-electron chi connectivity index (χ3n) is 6.58. The number of anilines is 2. The van der Waals surface area contributed by atoms with Crippen LogP contribution in [0.25, 0.3) is 10.8 Å². The molecule has 0 bridgehead atoms. The van der Waals surface area contributed by atoms with Gasteiger partial charge in [-0.3, -0.25) is 14.4 Å². The number of nitrogens with zero attached hydrogens (tertiary/aromatic N) is 2. The standard InChI is InChI=1S/C27H30N4O3/c1-5-21(28-3)25(32)29-24-26(33)30(4)22-12-8-9-13-23(22)31(27(24)34)16-20-17(2)14-15-18-10-6-7-11-19(18)20/h6-15,21,24,28H,5,16H2,1-4H3,(H,29,32). The molecule has 3 amide bonds. The van der Waals surface area contributed by atoms with Gasteiger partial charge in [0.05, 0.1) is 24.0 Å². The number of hydrogen-bond acceptors (Lipinski definition) is 4. The zero-order valence-corrected chi connectivity index (χ0v) is 20.0. The van der Waals surface area contributed by atoms with Crippen LogP contribution in [-0.4, -0.2) is 43.9 Å². The number of benzene rings is 3. The summed E-state index contributed by atoms with van der Waals surface area (Å²) in [5.41, 5.74) is 3.31. The number of likely N-dealkylation sites (N-methyl/N-ethyl adjacent to an activating group) is 2. The minimum Gasteiger partial charge on any atom is -0.335 e. The quantitative estimate of drug-likeness (QED) is 0.556. The predicted molar refractivity (Wildman–Crippen MR) is 135 cm³/mol. The Labute approximate surface area is 199 Å². The molecule has 1 aliphatic heterocycles. The van der Waals surface area contributed by atoms with E-state index < -0.39 is 23.9 Å². The average molecular weight is 459 g/mol. The van der Waals surface area contributed by atoms with Gasteiger partial charge in [-0.05, 0) is 54.4 Å². The van der Waals surface area contributed by atoms with Gasteiger partial charge in [-0.25, -0.2) is 0 Å². The second-order valence-corrected chi connectivity index (χ2v) is 8.58. The lowest BCUT2D eigenvalue weighted by atomic mass is 9.99. The van der Waals surface area contributed by atoms with Crippen molar-refractivity contribution in [1.82, 2.24) is 10.6 Å². The Hall–Kier alpha value is -3.71. The van der Waals surface area contributed by atoms with Crippen molar-refractivity contribution in [3.05, 3.63) is 71.8 Å². The lowest BCUT2D eigenvalue weighted by Gasteiger charge is -2.27. The van der Waals surface area contributed by atoms with Gasteiger partial charge in [0.2, 0.25) is 5.91 Å². The van der Waals surface area contributed by atoms with Gasteiger partial charge in [0.15, 0.2) is 6.04 Å². The van der Waals surface area contributed by atoms with Gasteiger partial charge in [0.1, 0.15) is 0 Å². The Bertz CT molecular complexity index is 1250. The molecule has 34 heavy (non-hydrogen) atoms. The first-order valence-corrected chi connectivity index (χ1v) is 11.5. The minimum absolute atomic E-state index is 0.278. The summed E-state index contributed by atoms with van der Waals surface area (Å²) in [6, 6.07) is 17.7. The molecule has 0 aromatic heterocycles. The number of rotatable bonds is 6. The number of fused-ring (bicyclic) bond motifs is 2. The van der Waals surface area contributed by atoms with Crippen LogP contribution in [0.4, 0.5) is 11.4 Å². The zero-order valence-electron chi connectivity index (χ0n) is 20.0. The summed E-state index contributed by atoms with van der Waals surface area (Å²) < 4.78 is 0. The van der Waals surface area contributed by atoms with Crippen LogP contribution >= 0.6 is 0 Å². The van der Waals surface area contributed by atoms with Crippen LogP contribution in [0.2, 0.25) is 0 Å². The second-order valence-electron chi connectivity index (χ2n) is 8.58. The summed E-state index contributed by atoms with van der Waals surface area (Å²) in [5, 5.41) is 7.78. The Morgan fingerprint density at radius 1 is 0.971 bits per heavy atom. The van der Waals surface area contributed by atoms with Gasteiger partial charge >= 0.3 is 0 Å². The highest BCUT2D eigenvalue weighted by Gasteiger charge is 2.40. The van der Waals surface area contributed by atoms with Crippen molar-refractivity contribution in [2.45, 2.75) is 38.9 Å². The Kier molecular flexibility index (Phi) is 6.65. The Morgan fingerprint density at radius 2 is 1.65 bits per heavy atom. The van der Waals surface area contributed by atoms with Crippen LogP contribution in [0.15, 0.2) is 60.7 Å². The Balaban J connectivity index is 1.81. The molecule has 7 heteroatoms. The molecule has 4 rings (SSSR count). The summed E-state index contributed by atoms with van der Waals surface area (Å²) in [6.45, 7) is 4.17. The fourth-order valence-electron chi connectivity index (χ4n) is 4.53. The molecule has 3 aromatic carbocycles. The smallest absolute Gasteiger partial charge is 0.259 e. The first-order valence-electron chi connectivity index (χ1n) is 11.5. The number of carbonyl (C=O) groups excluding carboxylic acids is 3. The zero-order chi connectivity index (χ0) is 24.4. The predicted octanol–water partition coefficient (Wildman–Crippen LogP) is 3.14. The fraction of sp³-hybridized carbons (Fsp3) is 0.296. The monoisotopic (exact) mass is 458 g/mol. The van der Waals surface area contributed by atoms with E-state index in [0.29, 0.717) is 17.8 Å². The van der Waals surface area contributed by atoms with Gasteiger partial charge in [0.25, 0.3) is 11.8 Å². The van der Waals surface area contributed by atoms with Crippen LogP contribution in [-0.2, 0) is 20.9 Å². The molecule has 2 unspecified atom stereocenters.